The van der Waals surface area contributed by atoms with Crippen molar-refractivity contribution in [1.29, 1.82) is 0 Å². The molecule has 0 aromatic carbocycles. The van der Waals surface area contributed by atoms with E-state index in [0.29, 0.717) is 12.6 Å². The Bertz CT molecular complexity index is 757. The maximum atomic E-state index is 12.8. The van der Waals surface area contributed by atoms with Crippen LogP contribution < -0.4 is 5.56 Å². The molecule has 3 rings (SSSR count). The zero-order valence-electron chi connectivity index (χ0n) is 14.7. The summed E-state index contributed by atoms with van der Waals surface area (Å²) in [7, 11) is 0. The maximum Gasteiger partial charge on any atom is 0.262 e. The summed E-state index contributed by atoms with van der Waals surface area (Å²) in [6.07, 6.45) is 7.27. The molecule has 4 heteroatoms. The van der Waals surface area contributed by atoms with Gasteiger partial charge in [0.05, 0.1) is 5.56 Å². The van der Waals surface area contributed by atoms with Gasteiger partial charge in [0.2, 0.25) is 0 Å². The van der Waals surface area contributed by atoms with Gasteiger partial charge in [-0.2, -0.15) is 0 Å². The van der Waals surface area contributed by atoms with Crippen LogP contribution in [0, 0.1) is 0 Å². The lowest BCUT2D eigenvalue weighted by molar-refractivity contribution is 0.238. The van der Waals surface area contributed by atoms with Crippen LogP contribution in [0.15, 0.2) is 29.3 Å². The lowest BCUT2D eigenvalue weighted by Gasteiger charge is -2.23. The quantitative estimate of drug-likeness (QED) is 0.872. The number of nitrogens with zero attached hydrogens (tertiary/aromatic N) is 3. The van der Waals surface area contributed by atoms with E-state index in [1.54, 1.807) is 10.6 Å². The minimum atomic E-state index is 0.0576. The summed E-state index contributed by atoms with van der Waals surface area (Å²) in [6.45, 7) is 10.5. The van der Waals surface area contributed by atoms with E-state index < -0.39 is 0 Å². The first-order chi connectivity index (χ1) is 10.9. The second-order valence-corrected chi connectivity index (χ2v) is 7.66. The Morgan fingerprint density at radius 2 is 2.13 bits per heavy atom. The third-order valence-corrected chi connectivity index (χ3v) is 4.99. The zero-order chi connectivity index (χ0) is 16.6. The summed E-state index contributed by atoms with van der Waals surface area (Å²) in [6, 6.07) is 4.67. The number of rotatable bonds is 3. The summed E-state index contributed by atoms with van der Waals surface area (Å²) in [4.78, 5) is 19.7. The highest BCUT2D eigenvalue weighted by Gasteiger charge is 2.24. The molecule has 0 amide bonds. The molecule has 0 saturated carbocycles. The van der Waals surface area contributed by atoms with Crippen molar-refractivity contribution in [3.63, 3.8) is 0 Å². The summed E-state index contributed by atoms with van der Waals surface area (Å²) in [5, 5.41) is 0. The highest BCUT2D eigenvalue weighted by molar-refractivity contribution is 5.43. The molecule has 23 heavy (non-hydrogen) atoms. The van der Waals surface area contributed by atoms with Gasteiger partial charge in [-0.15, -0.1) is 0 Å². The smallest absolute Gasteiger partial charge is 0.262 e. The van der Waals surface area contributed by atoms with E-state index in [0.717, 1.165) is 24.2 Å². The molecular weight excluding hydrogens is 286 g/mol. The SMILES string of the molecule is CC[C@H]1CCCN1Cc1cnc2cc(C(C)(C)C)ccn2c1=O. The lowest BCUT2D eigenvalue weighted by atomic mass is 9.88. The van der Waals surface area contributed by atoms with Crippen LogP contribution in [-0.4, -0.2) is 26.9 Å². The summed E-state index contributed by atoms with van der Waals surface area (Å²) in [5.41, 5.74) is 2.85. The van der Waals surface area contributed by atoms with Crippen LogP contribution in [-0.2, 0) is 12.0 Å². The van der Waals surface area contributed by atoms with Crippen LogP contribution in [0.4, 0.5) is 0 Å². The number of fused-ring (bicyclic) bond motifs is 1. The predicted molar refractivity (Wildman–Crippen MR) is 93.9 cm³/mol. The molecule has 2 aromatic heterocycles. The van der Waals surface area contributed by atoms with Gasteiger partial charge in [0.1, 0.15) is 5.65 Å². The van der Waals surface area contributed by atoms with Gasteiger partial charge >= 0.3 is 0 Å². The fourth-order valence-electron chi connectivity index (χ4n) is 3.47. The van der Waals surface area contributed by atoms with Crippen LogP contribution in [0.3, 0.4) is 0 Å². The summed E-state index contributed by atoms with van der Waals surface area (Å²) in [5.74, 6) is 0. The van der Waals surface area contributed by atoms with E-state index in [2.05, 4.69) is 37.6 Å². The number of aromatic nitrogens is 2. The molecule has 0 bridgehead atoms. The fraction of sp³-hybridized carbons (Fsp3) is 0.579. The molecule has 1 aliphatic heterocycles. The van der Waals surface area contributed by atoms with E-state index in [1.807, 2.05) is 18.3 Å². The van der Waals surface area contributed by atoms with Crippen LogP contribution in [0.25, 0.3) is 5.65 Å². The predicted octanol–water partition coefficient (Wildman–Crippen LogP) is 3.37. The van der Waals surface area contributed by atoms with E-state index in [-0.39, 0.29) is 11.0 Å². The van der Waals surface area contributed by atoms with Crippen molar-refractivity contribution in [3.8, 4) is 0 Å². The number of pyridine rings is 1. The maximum absolute atomic E-state index is 12.8. The molecule has 0 spiro atoms. The zero-order valence-corrected chi connectivity index (χ0v) is 14.7. The Balaban J connectivity index is 1.95. The molecule has 124 valence electrons. The van der Waals surface area contributed by atoms with Crippen LogP contribution >= 0.6 is 0 Å². The number of hydrogen-bond donors (Lipinski definition) is 0. The normalized spacial score (nSPS) is 19.6. The molecule has 2 aromatic rings. The van der Waals surface area contributed by atoms with Crippen molar-refractivity contribution in [1.82, 2.24) is 14.3 Å². The van der Waals surface area contributed by atoms with E-state index in [4.69, 9.17) is 0 Å². The largest absolute Gasteiger partial charge is 0.296 e. The molecule has 0 N–H and O–H groups in total. The van der Waals surface area contributed by atoms with Crippen molar-refractivity contribution < 1.29 is 0 Å². The standard InChI is InChI=1S/C19H27N3O/c1-5-16-7-6-9-21(16)13-14-12-20-17-11-15(19(2,3)4)8-10-22(17)18(14)23/h8,10-12,16H,5-7,9,13H2,1-4H3/t16-/m0/s1. The van der Waals surface area contributed by atoms with Crippen LogP contribution in [0.1, 0.15) is 58.1 Å². The Morgan fingerprint density at radius 3 is 2.83 bits per heavy atom. The van der Waals surface area contributed by atoms with Gasteiger partial charge in [0.25, 0.3) is 5.56 Å². The van der Waals surface area contributed by atoms with Gasteiger partial charge in [0.15, 0.2) is 0 Å². The van der Waals surface area contributed by atoms with Gasteiger partial charge in [-0.1, -0.05) is 27.7 Å². The average Bonchev–Trinajstić information content (AvgIpc) is 2.96. The van der Waals surface area contributed by atoms with Crippen LogP contribution in [0.5, 0.6) is 0 Å². The Hall–Kier alpha value is -1.68. The molecule has 0 radical (unpaired) electrons. The topological polar surface area (TPSA) is 37.6 Å². The Labute approximate surface area is 138 Å². The summed E-state index contributed by atoms with van der Waals surface area (Å²) >= 11 is 0. The second kappa shape index (κ2) is 6.08. The van der Waals surface area contributed by atoms with E-state index in [1.165, 1.54) is 18.4 Å². The number of hydrogen-bond acceptors (Lipinski definition) is 3. The number of likely N-dealkylation sites (tertiary alicyclic amines) is 1. The van der Waals surface area contributed by atoms with Crippen molar-refractivity contribution in [2.24, 2.45) is 0 Å². The first kappa shape index (κ1) is 16.2. The van der Waals surface area contributed by atoms with E-state index >= 15 is 0 Å². The van der Waals surface area contributed by atoms with Gasteiger partial charge in [-0.05, 0) is 48.9 Å². The van der Waals surface area contributed by atoms with Crippen molar-refractivity contribution in [2.75, 3.05) is 6.54 Å². The third kappa shape index (κ3) is 3.18. The van der Waals surface area contributed by atoms with Crippen molar-refractivity contribution >= 4 is 5.65 Å². The molecule has 1 atom stereocenters. The molecule has 1 saturated heterocycles. The lowest BCUT2D eigenvalue weighted by Crippen LogP contribution is -2.32. The Kier molecular flexibility index (Phi) is 4.28. The molecule has 0 unspecified atom stereocenters. The van der Waals surface area contributed by atoms with Crippen LogP contribution in [0.2, 0.25) is 0 Å². The summed E-state index contributed by atoms with van der Waals surface area (Å²) < 4.78 is 1.68. The fourth-order valence-corrected chi connectivity index (χ4v) is 3.47. The van der Waals surface area contributed by atoms with Gasteiger partial charge < -0.3 is 0 Å². The molecular formula is C19H27N3O. The highest BCUT2D eigenvalue weighted by atomic mass is 16.1. The molecule has 4 nitrogen and oxygen atoms in total. The highest BCUT2D eigenvalue weighted by Crippen LogP contribution is 2.23. The molecule has 0 aliphatic carbocycles. The molecule has 1 fully saturated rings. The minimum Gasteiger partial charge on any atom is -0.296 e. The molecule has 1 aliphatic rings. The average molecular weight is 313 g/mol. The van der Waals surface area contributed by atoms with Crippen molar-refractivity contribution in [3.05, 3.63) is 46.0 Å². The monoisotopic (exact) mass is 313 g/mol. The third-order valence-electron chi connectivity index (χ3n) is 4.99. The van der Waals surface area contributed by atoms with E-state index in [9.17, 15) is 4.79 Å². The minimum absolute atomic E-state index is 0.0576. The van der Waals surface area contributed by atoms with Gasteiger partial charge in [-0.3, -0.25) is 14.1 Å². The van der Waals surface area contributed by atoms with Gasteiger partial charge in [-0.25, -0.2) is 4.98 Å². The van der Waals surface area contributed by atoms with Gasteiger partial charge in [0, 0.05) is 25.0 Å². The first-order valence-electron chi connectivity index (χ1n) is 8.65. The Morgan fingerprint density at radius 1 is 1.35 bits per heavy atom. The second-order valence-electron chi connectivity index (χ2n) is 7.66. The first-order valence-corrected chi connectivity index (χ1v) is 8.65. The molecule has 3 heterocycles. The van der Waals surface area contributed by atoms with Crippen molar-refractivity contribution in [2.45, 2.75) is 65.0 Å².